The van der Waals surface area contributed by atoms with Gasteiger partial charge in [0, 0.05) is 11.5 Å². The van der Waals surface area contributed by atoms with E-state index in [1.807, 2.05) is 20.8 Å². The molecule has 0 saturated carbocycles. The van der Waals surface area contributed by atoms with Crippen molar-refractivity contribution in [3.8, 4) is 0 Å². The first-order valence-corrected chi connectivity index (χ1v) is 5.75. The number of hydrogen-bond donors (Lipinski definition) is 1. The molecule has 1 heterocycles. The summed E-state index contributed by atoms with van der Waals surface area (Å²) in [6, 6.07) is 0.274. The molecule has 2 atom stereocenters. The van der Waals surface area contributed by atoms with Crippen molar-refractivity contribution in [3.63, 3.8) is 0 Å². The van der Waals surface area contributed by atoms with Gasteiger partial charge < -0.3 is 10.1 Å². The maximum Gasteiger partial charge on any atom is 0.225 e. The molecule has 0 radical (unpaired) electrons. The van der Waals surface area contributed by atoms with Crippen LogP contribution in [-0.4, -0.2) is 24.2 Å². The van der Waals surface area contributed by atoms with E-state index >= 15 is 0 Å². The Kier molecular flexibility index (Phi) is 3.77. The van der Waals surface area contributed by atoms with Gasteiger partial charge in [-0.05, 0) is 26.7 Å². The second kappa shape index (κ2) is 4.52. The second-order valence-corrected chi connectivity index (χ2v) is 5.65. The zero-order valence-electron chi connectivity index (χ0n) is 10.5. The number of carbonyl (C=O) groups excluding carboxylic acids is 1. The van der Waals surface area contributed by atoms with Gasteiger partial charge in [-0.25, -0.2) is 0 Å². The summed E-state index contributed by atoms with van der Waals surface area (Å²) >= 11 is 0. The fourth-order valence-electron chi connectivity index (χ4n) is 1.93. The SMILES string of the molecule is CC1CC(NC(=O)C(C)(C)C)CC(C)O1. The van der Waals surface area contributed by atoms with Gasteiger partial charge in [0.2, 0.25) is 5.91 Å². The van der Waals surface area contributed by atoms with Crippen molar-refractivity contribution in [2.45, 2.75) is 65.7 Å². The van der Waals surface area contributed by atoms with Crippen LogP contribution in [0.1, 0.15) is 47.5 Å². The van der Waals surface area contributed by atoms with Crippen molar-refractivity contribution >= 4 is 5.91 Å². The first kappa shape index (κ1) is 12.5. The molecule has 1 aliphatic rings. The van der Waals surface area contributed by atoms with Crippen LogP contribution in [0, 0.1) is 5.41 Å². The Morgan fingerprint density at radius 1 is 1.20 bits per heavy atom. The van der Waals surface area contributed by atoms with Gasteiger partial charge in [0.15, 0.2) is 0 Å². The van der Waals surface area contributed by atoms with Crippen LogP contribution < -0.4 is 5.32 Å². The van der Waals surface area contributed by atoms with Gasteiger partial charge in [0.1, 0.15) is 0 Å². The molecule has 1 fully saturated rings. The molecule has 1 saturated heterocycles. The average molecular weight is 213 g/mol. The molecule has 0 spiro atoms. The zero-order chi connectivity index (χ0) is 11.6. The highest BCUT2D eigenvalue weighted by Gasteiger charge is 2.29. The monoisotopic (exact) mass is 213 g/mol. The lowest BCUT2D eigenvalue weighted by Crippen LogP contribution is -2.47. The largest absolute Gasteiger partial charge is 0.375 e. The smallest absolute Gasteiger partial charge is 0.225 e. The second-order valence-electron chi connectivity index (χ2n) is 5.65. The molecule has 15 heavy (non-hydrogen) atoms. The molecule has 1 aliphatic heterocycles. The molecule has 0 aromatic carbocycles. The number of amides is 1. The summed E-state index contributed by atoms with van der Waals surface area (Å²) in [4.78, 5) is 11.8. The Balaban J connectivity index is 2.48. The fraction of sp³-hybridized carbons (Fsp3) is 0.917. The van der Waals surface area contributed by atoms with Crippen LogP contribution in [0.5, 0.6) is 0 Å². The van der Waals surface area contributed by atoms with Gasteiger partial charge in [-0.15, -0.1) is 0 Å². The summed E-state index contributed by atoms with van der Waals surface area (Å²) in [5.41, 5.74) is -0.301. The first-order chi connectivity index (χ1) is 6.79. The quantitative estimate of drug-likeness (QED) is 0.724. The number of rotatable bonds is 1. The predicted octanol–water partition coefficient (Wildman–Crippen LogP) is 2.10. The Morgan fingerprint density at radius 2 is 1.67 bits per heavy atom. The summed E-state index contributed by atoms with van der Waals surface area (Å²) in [5, 5.41) is 3.10. The van der Waals surface area contributed by atoms with Gasteiger partial charge >= 0.3 is 0 Å². The maximum absolute atomic E-state index is 11.8. The Bertz CT molecular complexity index is 222. The van der Waals surface area contributed by atoms with E-state index in [2.05, 4.69) is 19.2 Å². The van der Waals surface area contributed by atoms with E-state index in [-0.39, 0.29) is 29.6 Å². The summed E-state index contributed by atoms with van der Waals surface area (Å²) in [6.07, 6.45) is 2.34. The van der Waals surface area contributed by atoms with Crippen molar-refractivity contribution in [1.29, 1.82) is 0 Å². The molecule has 2 unspecified atom stereocenters. The minimum absolute atomic E-state index is 0.133. The lowest BCUT2D eigenvalue weighted by molar-refractivity contribution is -0.131. The van der Waals surface area contributed by atoms with Crippen molar-refractivity contribution in [2.24, 2.45) is 5.41 Å². The van der Waals surface area contributed by atoms with E-state index in [4.69, 9.17) is 4.74 Å². The summed E-state index contributed by atoms with van der Waals surface area (Å²) in [6.45, 7) is 9.94. The topological polar surface area (TPSA) is 38.3 Å². The molecule has 0 aromatic heterocycles. The van der Waals surface area contributed by atoms with Gasteiger partial charge in [0.25, 0.3) is 0 Å². The number of hydrogen-bond acceptors (Lipinski definition) is 2. The summed E-state index contributed by atoms with van der Waals surface area (Å²) < 4.78 is 5.63. The van der Waals surface area contributed by atoms with Crippen LogP contribution >= 0.6 is 0 Å². The van der Waals surface area contributed by atoms with Crippen molar-refractivity contribution in [3.05, 3.63) is 0 Å². The molecule has 1 rings (SSSR count). The van der Waals surface area contributed by atoms with Crippen LogP contribution in [0.4, 0.5) is 0 Å². The molecule has 3 heteroatoms. The van der Waals surface area contributed by atoms with Crippen molar-refractivity contribution in [2.75, 3.05) is 0 Å². The minimum atomic E-state index is -0.301. The standard InChI is InChI=1S/C12H23NO2/c1-8-6-10(7-9(2)15-8)13-11(14)12(3,4)5/h8-10H,6-7H2,1-5H3,(H,13,14). The molecule has 88 valence electrons. The molecule has 1 amide bonds. The van der Waals surface area contributed by atoms with Crippen LogP contribution in [0.25, 0.3) is 0 Å². The van der Waals surface area contributed by atoms with E-state index in [0.717, 1.165) is 12.8 Å². The van der Waals surface area contributed by atoms with Gasteiger partial charge in [-0.1, -0.05) is 20.8 Å². The van der Waals surface area contributed by atoms with Crippen LogP contribution in [0.15, 0.2) is 0 Å². The van der Waals surface area contributed by atoms with E-state index in [1.54, 1.807) is 0 Å². The van der Waals surface area contributed by atoms with Gasteiger partial charge in [-0.2, -0.15) is 0 Å². The van der Waals surface area contributed by atoms with Crippen LogP contribution in [0.2, 0.25) is 0 Å². The Morgan fingerprint density at radius 3 is 2.07 bits per heavy atom. The summed E-state index contributed by atoms with van der Waals surface area (Å²) in [7, 11) is 0. The fourth-order valence-corrected chi connectivity index (χ4v) is 1.93. The van der Waals surface area contributed by atoms with E-state index < -0.39 is 0 Å². The third kappa shape index (κ3) is 3.82. The number of nitrogens with one attached hydrogen (secondary N) is 1. The average Bonchev–Trinajstić information content (AvgIpc) is 1.99. The van der Waals surface area contributed by atoms with Crippen molar-refractivity contribution in [1.82, 2.24) is 5.32 Å². The predicted molar refractivity (Wildman–Crippen MR) is 60.6 cm³/mol. The van der Waals surface area contributed by atoms with E-state index in [0.29, 0.717) is 0 Å². The molecular weight excluding hydrogens is 190 g/mol. The zero-order valence-corrected chi connectivity index (χ0v) is 10.5. The Hall–Kier alpha value is -0.570. The third-order valence-corrected chi connectivity index (χ3v) is 2.71. The highest BCUT2D eigenvalue weighted by atomic mass is 16.5. The number of ether oxygens (including phenoxy) is 1. The lowest BCUT2D eigenvalue weighted by atomic mass is 9.93. The maximum atomic E-state index is 11.8. The third-order valence-electron chi connectivity index (χ3n) is 2.71. The van der Waals surface area contributed by atoms with Gasteiger partial charge in [0.05, 0.1) is 12.2 Å². The summed E-state index contributed by atoms with van der Waals surface area (Å²) in [5.74, 6) is 0.133. The molecule has 0 aromatic rings. The molecular formula is C12H23NO2. The van der Waals surface area contributed by atoms with Gasteiger partial charge in [-0.3, -0.25) is 4.79 Å². The molecule has 1 N–H and O–H groups in total. The normalized spacial score (nSPS) is 32.5. The first-order valence-electron chi connectivity index (χ1n) is 5.75. The highest BCUT2D eigenvalue weighted by Crippen LogP contribution is 2.21. The molecule has 0 bridgehead atoms. The molecule has 0 aliphatic carbocycles. The number of carbonyl (C=O) groups is 1. The highest BCUT2D eigenvalue weighted by molar-refractivity contribution is 5.81. The van der Waals surface area contributed by atoms with Crippen LogP contribution in [-0.2, 0) is 9.53 Å². The molecule has 3 nitrogen and oxygen atoms in total. The minimum Gasteiger partial charge on any atom is -0.375 e. The van der Waals surface area contributed by atoms with Crippen LogP contribution in [0.3, 0.4) is 0 Å². The lowest BCUT2D eigenvalue weighted by Gasteiger charge is -2.34. The van der Waals surface area contributed by atoms with E-state index in [1.165, 1.54) is 0 Å². The van der Waals surface area contributed by atoms with Crippen molar-refractivity contribution < 1.29 is 9.53 Å². The van der Waals surface area contributed by atoms with E-state index in [9.17, 15) is 4.79 Å². The Labute approximate surface area is 92.6 Å².